The molecule has 0 aliphatic carbocycles. The number of nitrogen functional groups attached to an aromatic ring is 1. The third kappa shape index (κ3) is 4.12. The predicted molar refractivity (Wildman–Crippen MR) is 97.4 cm³/mol. The number of para-hydroxylation sites is 1. The number of rotatable bonds is 7. The van der Waals surface area contributed by atoms with Gasteiger partial charge >= 0.3 is 5.97 Å². The SMILES string of the molecule is CCOC(=O)CCCOc1ccccc1-c1cc2ccc(N)cc2o1. The summed E-state index contributed by atoms with van der Waals surface area (Å²) in [4.78, 5) is 11.4. The minimum Gasteiger partial charge on any atom is -0.493 e. The van der Waals surface area contributed by atoms with Crippen LogP contribution in [0.1, 0.15) is 19.8 Å². The van der Waals surface area contributed by atoms with E-state index < -0.39 is 0 Å². The Kier molecular flexibility index (Phi) is 5.23. The zero-order valence-corrected chi connectivity index (χ0v) is 14.2. The van der Waals surface area contributed by atoms with Gasteiger partial charge < -0.3 is 19.6 Å². The summed E-state index contributed by atoms with van der Waals surface area (Å²) in [5, 5.41) is 0.987. The molecular weight excluding hydrogens is 318 g/mol. The highest BCUT2D eigenvalue weighted by Crippen LogP contribution is 2.34. The van der Waals surface area contributed by atoms with Crippen LogP contribution in [0.3, 0.4) is 0 Å². The van der Waals surface area contributed by atoms with Crippen molar-refractivity contribution in [3.8, 4) is 17.1 Å². The van der Waals surface area contributed by atoms with Crippen molar-refractivity contribution in [2.24, 2.45) is 0 Å². The Hall–Kier alpha value is -2.95. The molecule has 0 aliphatic heterocycles. The fourth-order valence-corrected chi connectivity index (χ4v) is 2.61. The average Bonchev–Trinajstić information content (AvgIpc) is 3.02. The number of nitrogens with two attached hydrogens (primary N) is 1. The molecule has 0 saturated heterocycles. The van der Waals surface area contributed by atoms with Crippen molar-refractivity contribution >= 4 is 22.6 Å². The van der Waals surface area contributed by atoms with Crippen LogP contribution in [-0.4, -0.2) is 19.2 Å². The van der Waals surface area contributed by atoms with Gasteiger partial charge in [0.2, 0.25) is 0 Å². The molecule has 5 heteroatoms. The van der Waals surface area contributed by atoms with Crippen LogP contribution in [0.5, 0.6) is 5.75 Å². The molecule has 0 unspecified atom stereocenters. The van der Waals surface area contributed by atoms with E-state index in [9.17, 15) is 4.79 Å². The van der Waals surface area contributed by atoms with E-state index in [1.54, 1.807) is 6.92 Å². The number of carbonyl (C=O) groups excluding carboxylic acids is 1. The molecule has 3 aromatic rings. The second-order valence-corrected chi connectivity index (χ2v) is 5.66. The minimum atomic E-state index is -0.200. The van der Waals surface area contributed by atoms with Crippen molar-refractivity contribution in [3.05, 3.63) is 48.5 Å². The Balaban J connectivity index is 1.72. The standard InChI is InChI=1S/C20H21NO4/c1-2-23-20(22)8-5-11-24-17-7-4-3-6-16(17)19-12-14-9-10-15(21)13-18(14)25-19/h3-4,6-7,9-10,12-13H,2,5,8,11,21H2,1H3. The Bertz CT molecular complexity index is 869. The van der Waals surface area contributed by atoms with Crippen LogP contribution in [0.4, 0.5) is 5.69 Å². The van der Waals surface area contributed by atoms with Crippen LogP contribution >= 0.6 is 0 Å². The fraction of sp³-hybridized carbons (Fsp3) is 0.250. The number of furan rings is 1. The second kappa shape index (κ2) is 7.75. The van der Waals surface area contributed by atoms with E-state index in [0.717, 1.165) is 28.0 Å². The first-order valence-corrected chi connectivity index (χ1v) is 8.34. The van der Waals surface area contributed by atoms with Crippen LogP contribution < -0.4 is 10.5 Å². The van der Waals surface area contributed by atoms with E-state index in [2.05, 4.69) is 0 Å². The van der Waals surface area contributed by atoms with Crippen molar-refractivity contribution in [1.82, 2.24) is 0 Å². The molecule has 0 radical (unpaired) electrons. The summed E-state index contributed by atoms with van der Waals surface area (Å²) >= 11 is 0. The molecule has 1 aromatic heterocycles. The zero-order valence-electron chi connectivity index (χ0n) is 14.2. The third-order valence-electron chi connectivity index (χ3n) is 3.78. The summed E-state index contributed by atoms with van der Waals surface area (Å²) in [7, 11) is 0. The van der Waals surface area contributed by atoms with Crippen LogP contribution in [0.15, 0.2) is 52.9 Å². The lowest BCUT2D eigenvalue weighted by atomic mass is 10.1. The van der Waals surface area contributed by atoms with Gasteiger partial charge in [0.25, 0.3) is 0 Å². The highest BCUT2D eigenvalue weighted by atomic mass is 16.5. The fourth-order valence-electron chi connectivity index (χ4n) is 2.61. The lowest BCUT2D eigenvalue weighted by molar-refractivity contribution is -0.143. The van der Waals surface area contributed by atoms with Gasteiger partial charge in [0, 0.05) is 23.6 Å². The van der Waals surface area contributed by atoms with E-state index in [4.69, 9.17) is 19.6 Å². The molecule has 0 fully saturated rings. The van der Waals surface area contributed by atoms with Gasteiger partial charge in [0.15, 0.2) is 0 Å². The first kappa shape index (κ1) is 16.9. The lowest BCUT2D eigenvalue weighted by Crippen LogP contribution is -2.07. The van der Waals surface area contributed by atoms with Crippen molar-refractivity contribution in [2.75, 3.05) is 18.9 Å². The second-order valence-electron chi connectivity index (χ2n) is 5.66. The van der Waals surface area contributed by atoms with Gasteiger partial charge in [-0.25, -0.2) is 0 Å². The van der Waals surface area contributed by atoms with Crippen molar-refractivity contribution < 1.29 is 18.7 Å². The molecule has 0 saturated carbocycles. The van der Waals surface area contributed by atoms with Gasteiger partial charge in [-0.2, -0.15) is 0 Å². The number of anilines is 1. The number of fused-ring (bicyclic) bond motifs is 1. The molecule has 1 heterocycles. The molecule has 130 valence electrons. The normalized spacial score (nSPS) is 10.8. The molecule has 0 aliphatic rings. The summed E-state index contributed by atoms with van der Waals surface area (Å²) < 4.78 is 16.7. The average molecular weight is 339 g/mol. The van der Waals surface area contributed by atoms with E-state index >= 15 is 0 Å². The molecule has 3 rings (SSSR count). The van der Waals surface area contributed by atoms with Crippen molar-refractivity contribution in [3.63, 3.8) is 0 Å². The first-order chi connectivity index (χ1) is 12.2. The molecule has 2 aromatic carbocycles. The first-order valence-electron chi connectivity index (χ1n) is 8.34. The number of esters is 1. The molecule has 25 heavy (non-hydrogen) atoms. The zero-order chi connectivity index (χ0) is 17.6. The molecule has 0 spiro atoms. The van der Waals surface area contributed by atoms with Crippen LogP contribution in [-0.2, 0) is 9.53 Å². The number of benzene rings is 2. The third-order valence-corrected chi connectivity index (χ3v) is 3.78. The number of carbonyl (C=O) groups is 1. The maximum Gasteiger partial charge on any atom is 0.305 e. The summed E-state index contributed by atoms with van der Waals surface area (Å²) in [5.41, 5.74) is 8.08. The minimum absolute atomic E-state index is 0.200. The summed E-state index contributed by atoms with van der Waals surface area (Å²) in [6.45, 7) is 2.63. The molecular formula is C20H21NO4. The summed E-state index contributed by atoms with van der Waals surface area (Å²) in [6.07, 6.45) is 0.948. The van der Waals surface area contributed by atoms with E-state index in [0.29, 0.717) is 31.7 Å². The summed E-state index contributed by atoms with van der Waals surface area (Å²) in [5.74, 6) is 1.24. The lowest BCUT2D eigenvalue weighted by Gasteiger charge is -2.09. The van der Waals surface area contributed by atoms with Gasteiger partial charge in [0.05, 0.1) is 18.8 Å². The Morgan fingerprint density at radius 3 is 2.84 bits per heavy atom. The molecule has 0 bridgehead atoms. The monoisotopic (exact) mass is 339 g/mol. The Labute approximate surface area is 146 Å². The highest BCUT2D eigenvalue weighted by molar-refractivity contribution is 5.86. The van der Waals surface area contributed by atoms with Crippen LogP contribution in [0, 0.1) is 0 Å². The van der Waals surface area contributed by atoms with Crippen molar-refractivity contribution in [1.29, 1.82) is 0 Å². The maximum atomic E-state index is 11.4. The van der Waals surface area contributed by atoms with E-state index in [-0.39, 0.29) is 5.97 Å². The topological polar surface area (TPSA) is 74.7 Å². The van der Waals surface area contributed by atoms with E-state index in [1.165, 1.54) is 0 Å². The largest absolute Gasteiger partial charge is 0.493 e. The molecule has 0 amide bonds. The highest BCUT2D eigenvalue weighted by Gasteiger charge is 2.12. The number of hydrogen-bond donors (Lipinski definition) is 1. The predicted octanol–water partition coefficient (Wildman–Crippen LogP) is 4.40. The van der Waals surface area contributed by atoms with Gasteiger partial charge in [0.1, 0.15) is 17.1 Å². The maximum absolute atomic E-state index is 11.4. The molecule has 0 atom stereocenters. The van der Waals surface area contributed by atoms with Crippen LogP contribution in [0.2, 0.25) is 0 Å². The van der Waals surface area contributed by atoms with Gasteiger partial charge in [-0.1, -0.05) is 12.1 Å². The number of ether oxygens (including phenoxy) is 2. The smallest absolute Gasteiger partial charge is 0.305 e. The van der Waals surface area contributed by atoms with Crippen molar-refractivity contribution in [2.45, 2.75) is 19.8 Å². The molecule has 2 N–H and O–H groups in total. The Morgan fingerprint density at radius 2 is 2.00 bits per heavy atom. The summed E-state index contributed by atoms with van der Waals surface area (Å²) in [6, 6.07) is 15.2. The van der Waals surface area contributed by atoms with Crippen LogP contribution in [0.25, 0.3) is 22.3 Å². The quantitative estimate of drug-likeness (QED) is 0.392. The molecule has 5 nitrogen and oxygen atoms in total. The Morgan fingerprint density at radius 1 is 1.16 bits per heavy atom. The van der Waals surface area contributed by atoms with E-state index in [1.807, 2.05) is 48.5 Å². The number of hydrogen-bond acceptors (Lipinski definition) is 5. The van der Waals surface area contributed by atoms with Gasteiger partial charge in [-0.3, -0.25) is 4.79 Å². The van der Waals surface area contributed by atoms with Gasteiger partial charge in [-0.05, 0) is 43.7 Å². The van der Waals surface area contributed by atoms with Gasteiger partial charge in [-0.15, -0.1) is 0 Å².